The Morgan fingerprint density at radius 2 is 1.54 bits per heavy atom. The van der Waals surface area contributed by atoms with Crippen molar-refractivity contribution in [3.8, 4) is 5.69 Å². The number of hydrogen-bond acceptors (Lipinski definition) is 7. The molecule has 4 aromatic rings. The van der Waals surface area contributed by atoms with Crippen molar-refractivity contribution >= 4 is 46.6 Å². The first-order valence-corrected chi connectivity index (χ1v) is 13.1. The van der Waals surface area contributed by atoms with Crippen LogP contribution in [0.4, 0.5) is 11.4 Å². The average Bonchev–Trinajstić information content (AvgIpc) is 3.42. The van der Waals surface area contributed by atoms with Gasteiger partial charge in [-0.1, -0.05) is 41.6 Å². The predicted molar refractivity (Wildman–Crippen MR) is 145 cm³/mol. The van der Waals surface area contributed by atoms with Crippen LogP contribution in [0.25, 0.3) is 5.69 Å². The molecule has 0 saturated carbocycles. The second-order valence-electron chi connectivity index (χ2n) is 8.38. The molecule has 0 unspecified atom stereocenters. The second-order valence-corrected chi connectivity index (χ2v) is 9.76. The molecule has 1 aliphatic heterocycles. The molecule has 9 nitrogen and oxygen atoms in total. The van der Waals surface area contributed by atoms with Crippen LogP contribution in [-0.2, 0) is 4.79 Å². The van der Waals surface area contributed by atoms with Crippen LogP contribution in [0.1, 0.15) is 10.4 Å². The summed E-state index contributed by atoms with van der Waals surface area (Å²) >= 11 is 7.20. The highest BCUT2D eigenvalue weighted by atomic mass is 35.5. The number of carbonyl (C=O) groups excluding carboxylic acids is 2. The molecule has 3 aromatic carbocycles. The first-order valence-electron chi connectivity index (χ1n) is 11.7. The highest BCUT2D eigenvalue weighted by Gasteiger charge is 2.22. The van der Waals surface area contributed by atoms with Crippen molar-refractivity contribution in [2.24, 2.45) is 0 Å². The lowest BCUT2D eigenvalue weighted by atomic mass is 10.1. The molecule has 5 rings (SSSR count). The third-order valence-electron chi connectivity index (χ3n) is 5.95. The third-order valence-corrected chi connectivity index (χ3v) is 7.12. The summed E-state index contributed by atoms with van der Waals surface area (Å²) in [6, 6.07) is 24.2. The second kappa shape index (κ2) is 11.4. The van der Waals surface area contributed by atoms with Crippen LogP contribution in [0.2, 0.25) is 5.02 Å². The first-order chi connectivity index (χ1) is 18.1. The molecule has 0 radical (unpaired) electrons. The summed E-state index contributed by atoms with van der Waals surface area (Å²) < 4.78 is 1.57. The van der Waals surface area contributed by atoms with Gasteiger partial charge in [-0.05, 0) is 71.1 Å². The standard InChI is InChI=1S/C26H24ClN7O2S/c27-20-6-10-23(11-7-20)34-26(29-30-31-34)37-18-24(35)28-21-8-12-22(13-9-21)32-14-16-33(17-15-32)25(36)19-4-2-1-3-5-19/h1-13H,14-18H2,(H,28,35). The highest BCUT2D eigenvalue weighted by molar-refractivity contribution is 7.99. The molecule has 0 bridgehead atoms. The smallest absolute Gasteiger partial charge is 0.253 e. The topological polar surface area (TPSA) is 96.2 Å². The molecule has 2 amide bonds. The zero-order valence-electron chi connectivity index (χ0n) is 19.8. The van der Waals surface area contributed by atoms with E-state index in [0.29, 0.717) is 29.0 Å². The Bertz CT molecular complexity index is 1360. The summed E-state index contributed by atoms with van der Waals surface area (Å²) in [5.41, 5.74) is 3.25. The van der Waals surface area contributed by atoms with Crippen LogP contribution in [0.3, 0.4) is 0 Å². The first kappa shape index (κ1) is 24.8. The minimum absolute atomic E-state index is 0.0679. The van der Waals surface area contributed by atoms with E-state index in [4.69, 9.17) is 11.6 Å². The van der Waals surface area contributed by atoms with E-state index in [1.807, 2.05) is 71.6 Å². The van der Waals surface area contributed by atoms with Crippen molar-refractivity contribution in [3.05, 3.63) is 89.4 Å². The molecule has 1 N–H and O–H groups in total. The number of halogens is 1. The molecule has 0 atom stereocenters. The fraction of sp³-hybridized carbons (Fsp3) is 0.192. The number of carbonyl (C=O) groups is 2. The van der Waals surface area contributed by atoms with Crippen LogP contribution in [0, 0.1) is 0 Å². The summed E-state index contributed by atoms with van der Waals surface area (Å²) in [5, 5.41) is 15.8. The maximum atomic E-state index is 12.7. The molecular formula is C26H24ClN7O2S. The van der Waals surface area contributed by atoms with Crippen molar-refractivity contribution in [1.29, 1.82) is 0 Å². The van der Waals surface area contributed by atoms with E-state index in [1.165, 1.54) is 11.8 Å². The number of nitrogens with one attached hydrogen (secondary N) is 1. The maximum Gasteiger partial charge on any atom is 0.253 e. The van der Waals surface area contributed by atoms with Gasteiger partial charge in [0.05, 0.1) is 11.4 Å². The van der Waals surface area contributed by atoms with Gasteiger partial charge in [0.2, 0.25) is 11.1 Å². The highest BCUT2D eigenvalue weighted by Crippen LogP contribution is 2.22. The molecule has 1 aromatic heterocycles. The molecular weight excluding hydrogens is 510 g/mol. The van der Waals surface area contributed by atoms with Crippen molar-refractivity contribution in [3.63, 3.8) is 0 Å². The van der Waals surface area contributed by atoms with E-state index in [-0.39, 0.29) is 17.6 Å². The zero-order chi connectivity index (χ0) is 25.6. The Kier molecular flexibility index (Phi) is 7.67. The Morgan fingerprint density at radius 1 is 0.865 bits per heavy atom. The van der Waals surface area contributed by atoms with Gasteiger partial charge in [-0.3, -0.25) is 9.59 Å². The van der Waals surface area contributed by atoms with Gasteiger partial charge in [0.1, 0.15) is 0 Å². The van der Waals surface area contributed by atoms with Gasteiger partial charge in [0, 0.05) is 48.1 Å². The molecule has 188 valence electrons. The molecule has 37 heavy (non-hydrogen) atoms. The largest absolute Gasteiger partial charge is 0.368 e. The maximum absolute atomic E-state index is 12.7. The third kappa shape index (κ3) is 6.10. The Hall–Kier alpha value is -3.89. The lowest BCUT2D eigenvalue weighted by Gasteiger charge is -2.36. The molecule has 2 heterocycles. The summed E-state index contributed by atoms with van der Waals surface area (Å²) in [6.45, 7) is 2.84. The number of hydrogen-bond donors (Lipinski definition) is 1. The number of thioether (sulfide) groups is 1. The number of tetrazole rings is 1. The fourth-order valence-electron chi connectivity index (χ4n) is 4.03. The average molecular weight is 534 g/mol. The minimum atomic E-state index is -0.156. The summed E-state index contributed by atoms with van der Waals surface area (Å²) in [6.07, 6.45) is 0. The van der Waals surface area contributed by atoms with E-state index in [9.17, 15) is 9.59 Å². The van der Waals surface area contributed by atoms with Crippen LogP contribution < -0.4 is 10.2 Å². The van der Waals surface area contributed by atoms with Gasteiger partial charge in [0.15, 0.2) is 0 Å². The fourth-order valence-corrected chi connectivity index (χ4v) is 4.84. The lowest BCUT2D eigenvalue weighted by molar-refractivity contribution is -0.113. The van der Waals surface area contributed by atoms with E-state index in [1.54, 1.807) is 16.8 Å². The minimum Gasteiger partial charge on any atom is -0.368 e. The van der Waals surface area contributed by atoms with Gasteiger partial charge in [-0.2, -0.15) is 4.68 Å². The molecule has 0 aliphatic carbocycles. The van der Waals surface area contributed by atoms with Gasteiger partial charge < -0.3 is 15.1 Å². The molecule has 11 heteroatoms. The van der Waals surface area contributed by atoms with E-state index < -0.39 is 0 Å². The number of benzene rings is 3. The van der Waals surface area contributed by atoms with Crippen LogP contribution >= 0.6 is 23.4 Å². The van der Waals surface area contributed by atoms with Crippen LogP contribution in [-0.4, -0.2) is 68.9 Å². The SMILES string of the molecule is O=C(CSc1nnnn1-c1ccc(Cl)cc1)Nc1ccc(N2CCN(C(=O)c3ccccc3)CC2)cc1. The van der Waals surface area contributed by atoms with Crippen LogP contribution in [0.5, 0.6) is 0 Å². The van der Waals surface area contributed by atoms with E-state index >= 15 is 0 Å². The van der Waals surface area contributed by atoms with Gasteiger partial charge in [-0.25, -0.2) is 0 Å². The Labute approximate surface area is 223 Å². The number of nitrogens with zero attached hydrogens (tertiary/aromatic N) is 6. The zero-order valence-corrected chi connectivity index (χ0v) is 21.4. The lowest BCUT2D eigenvalue weighted by Crippen LogP contribution is -2.48. The monoisotopic (exact) mass is 533 g/mol. The number of aromatic nitrogens is 4. The Morgan fingerprint density at radius 3 is 2.24 bits per heavy atom. The van der Waals surface area contributed by atoms with Crippen molar-refractivity contribution in [2.45, 2.75) is 5.16 Å². The molecule has 1 saturated heterocycles. The van der Waals surface area contributed by atoms with Crippen molar-refractivity contribution in [2.75, 3.05) is 42.1 Å². The van der Waals surface area contributed by atoms with E-state index in [2.05, 4.69) is 25.7 Å². The number of piperazine rings is 1. The Balaban J connectivity index is 1.11. The summed E-state index contributed by atoms with van der Waals surface area (Å²) in [4.78, 5) is 29.3. The van der Waals surface area contributed by atoms with Gasteiger partial charge in [-0.15, -0.1) is 5.10 Å². The van der Waals surface area contributed by atoms with Gasteiger partial charge >= 0.3 is 0 Å². The number of anilines is 2. The molecule has 1 fully saturated rings. The predicted octanol–water partition coefficient (Wildman–Crippen LogP) is 4.01. The normalized spacial score (nSPS) is 13.4. The molecule has 1 aliphatic rings. The van der Waals surface area contributed by atoms with E-state index in [0.717, 1.165) is 30.0 Å². The molecule has 0 spiro atoms. The van der Waals surface area contributed by atoms with Crippen molar-refractivity contribution < 1.29 is 9.59 Å². The quantitative estimate of drug-likeness (QED) is 0.358. The van der Waals surface area contributed by atoms with Crippen molar-refractivity contribution in [1.82, 2.24) is 25.1 Å². The summed E-state index contributed by atoms with van der Waals surface area (Å²) in [7, 11) is 0. The van der Waals surface area contributed by atoms with Crippen LogP contribution in [0.15, 0.2) is 84.0 Å². The summed E-state index contributed by atoms with van der Waals surface area (Å²) in [5.74, 6) is 0.0717. The number of rotatable bonds is 7. The van der Waals surface area contributed by atoms with Gasteiger partial charge in [0.25, 0.3) is 5.91 Å². The number of amides is 2.